The van der Waals surface area contributed by atoms with Gasteiger partial charge in [-0.15, -0.1) is 12.4 Å². The minimum Gasteiger partial charge on any atom is -0.396 e. The third-order valence-corrected chi connectivity index (χ3v) is 0.958. The van der Waals surface area contributed by atoms with E-state index in [4.69, 9.17) is 5.73 Å². The van der Waals surface area contributed by atoms with E-state index in [1.165, 1.54) is 0 Å². The van der Waals surface area contributed by atoms with Crippen LogP contribution in [0.2, 0.25) is 0 Å². The minimum atomic E-state index is -0.587. The van der Waals surface area contributed by atoms with E-state index in [1.807, 2.05) is 0 Å². The molecule has 0 saturated heterocycles. The lowest BCUT2D eigenvalue weighted by Gasteiger charge is -1.92. The maximum atomic E-state index is 12.2. The molecular formula is C6H6ClF2N. The van der Waals surface area contributed by atoms with Gasteiger partial charge in [0.1, 0.15) is 11.6 Å². The van der Waals surface area contributed by atoms with E-state index in [0.717, 1.165) is 18.2 Å². The second-order valence-electron chi connectivity index (χ2n) is 1.67. The van der Waals surface area contributed by atoms with Crippen LogP contribution in [0.5, 0.6) is 0 Å². The van der Waals surface area contributed by atoms with Crippen LogP contribution in [-0.2, 0) is 0 Å². The van der Waals surface area contributed by atoms with Gasteiger partial charge in [-0.2, -0.15) is 0 Å². The number of hydrogen-bond acceptors (Lipinski definition) is 1. The number of benzene rings is 1. The molecule has 0 fully saturated rings. The SMILES string of the molecule is Cl.Nc1cc(F)ccc1F. The zero-order valence-electron chi connectivity index (χ0n) is 4.97. The molecule has 0 radical (unpaired) electrons. The summed E-state index contributed by atoms with van der Waals surface area (Å²) < 4.78 is 24.3. The molecule has 1 aromatic carbocycles. The van der Waals surface area contributed by atoms with Crippen LogP contribution >= 0.6 is 12.4 Å². The molecule has 1 rings (SSSR count). The van der Waals surface area contributed by atoms with Gasteiger partial charge in [0, 0.05) is 0 Å². The van der Waals surface area contributed by atoms with Crippen LogP contribution in [-0.4, -0.2) is 0 Å². The van der Waals surface area contributed by atoms with Crippen molar-refractivity contribution in [3.63, 3.8) is 0 Å². The summed E-state index contributed by atoms with van der Waals surface area (Å²) in [4.78, 5) is 0. The maximum Gasteiger partial charge on any atom is 0.146 e. The van der Waals surface area contributed by atoms with Gasteiger partial charge in [-0.25, -0.2) is 8.78 Å². The van der Waals surface area contributed by atoms with Gasteiger partial charge < -0.3 is 5.73 Å². The zero-order valence-corrected chi connectivity index (χ0v) is 5.79. The molecule has 0 amide bonds. The summed E-state index contributed by atoms with van der Waals surface area (Å²) in [6, 6.07) is 2.95. The summed E-state index contributed by atoms with van der Waals surface area (Å²) in [7, 11) is 0. The highest BCUT2D eigenvalue weighted by Gasteiger charge is 1.96. The molecule has 4 heteroatoms. The Kier molecular flexibility index (Phi) is 3.09. The lowest BCUT2D eigenvalue weighted by Crippen LogP contribution is -1.89. The first kappa shape index (κ1) is 9.17. The van der Waals surface area contributed by atoms with E-state index in [0.29, 0.717) is 0 Å². The highest BCUT2D eigenvalue weighted by Crippen LogP contribution is 2.09. The largest absolute Gasteiger partial charge is 0.396 e. The normalized spacial score (nSPS) is 8.60. The van der Waals surface area contributed by atoms with E-state index in [-0.39, 0.29) is 18.1 Å². The molecule has 0 aromatic heterocycles. The summed E-state index contributed by atoms with van der Waals surface area (Å²) in [5, 5.41) is 0. The van der Waals surface area contributed by atoms with E-state index in [9.17, 15) is 8.78 Å². The number of hydrogen-bond donors (Lipinski definition) is 1. The summed E-state index contributed by atoms with van der Waals surface area (Å²) in [5.41, 5.74) is 4.85. The molecule has 0 aliphatic carbocycles. The van der Waals surface area contributed by atoms with Crippen molar-refractivity contribution in [2.45, 2.75) is 0 Å². The van der Waals surface area contributed by atoms with Gasteiger partial charge in [-0.3, -0.25) is 0 Å². The molecular weight excluding hydrogens is 160 g/mol. The molecule has 0 aliphatic heterocycles. The van der Waals surface area contributed by atoms with Crippen molar-refractivity contribution < 1.29 is 8.78 Å². The highest BCUT2D eigenvalue weighted by molar-refractivity contribution is 5.85. The summed E-state index contributed by atoms with van der Waals surface area (Å²) in [6.45, 7) is 0. The summed E-state index contributed by atoms with van der Waals surface area (Å²) >= 11 is 0. The van der Waals surface area contributed by atoms with E-state index >= 15 is 0 Å². The molecule has 0 aliphatic rings. The zero-order chi connectivity index (χ0) is 6.85. The Hall–Kier alpha value is -0.830. The van der Waals surface area contributed by atoms with Crippen molar-refractivity contribution in [1.29, 1.82) is 0 Å². The Labute approximate surface area is 63.3 Å². The van der Waals surface area contributed by atoms with E-state index in [2.05, 4.69) is 0 Å². The predicted octanol–water partition coefficient (Wildman–Crippen LogP) is 1.97. The quantitative estimate of drug-likeness (QED) is 0.585. The van der Waals surface area contributed by atoms with Crippen molar-refractivity contribution in [3.05, 3.63) is 29.8 Å². The third kappa shape index (κ3) is 1.84. The fourth-order valence-corrected chi connectivity index (χ4v) is 0.515. The molecule has 0 saturated carbocycles. The van der Waals surface area contributed by atoms with Gasteiger partial charge in [0.2, 0.25) is 0 Å². The van der Waals surface area contributed by atoms with Gasteiger partial charge in [0.25, 0.3) is 0 Å². The molecule has 1 nitrogen and oxygen atoms in total. The van der Waals surface area contributed by atoms with Crippen molar-refractivity contribution in [1.82, 2.24) is 0 Å². The van der Waals surface area contributed by atoms with Crippen LogP contribution in [0.4, 0.5) is 14.5 Å². The average Bonchev–Trinajstić information content (AvgIpc) is 1.80. The van der Waals surface area contributed by atoms with Crippen LogP contribution in [0, 0.1) is 11.6 Å². The standard InChI is InChI=1S/C6H5F2N.ClH/c7-4-1-2-5(8)6(9)3-4;/h1-3H,9H2;1H. The predicted molar refractivity (Wildman–Crippen MR) is 38.0 cm³/mol. The Morgan fingerprint density at radius 1 is 1.20 bits per heavy atom. The second-order valence-corrected chi connectivity index (χ2v) is 1.67. The second kappa shape index (κ2) is 3.37. The van der Waals surface area contributed by atoms with Gasteiger partial charge in [-0.05, 0) is 18.2 Å². The van der Waals surface area contributed by atoms with Crippen LogP contribution in [0.25, 0.3) is 0 Å². The van der Waals surface area contributed by atoms with E-state index in [1.54, 1.807) is 0 Å². The maximum absolute atomic E-state index is 12.2. The van der Waals surface area contributed by atoms with Crippen molar-refractivity contribution in [2.24, 2.45) is 0 Å². The first-order valence-electron chi connectivity index (χ1n) is 2.40. The van der Waals surface area contributed by atoms with Crippen molar-refractivity contribution in [3.8, 4) is 0 Å². The van der Waals surface area contributed by atoms with Crippen LogP contribution in [0.3, 0.4) is 0 Å². The fraction of sp³-hybridized carbons (Fsp3) is 0. The molecule has 0 heterocycles. The molecule has 0 bridgehead atoms. The number of nitrogens with two attached hydrogens (primary N) is 1. The Bertz CT molecular complexity index is 227. The molecule has 0 unspecified atom stereocenters. The third-order valence-electron chi connectivity index (χ3n) is 0.958. The Morgan fingerprint density at radius 3 is 2.20 bits per heavy atom. The van der Waals surface area contributed by atoms with Gasteiger partial charge in [-0.1, -0.05) is 0 Å². The first-order valence-corrected chi connectivity index (χ1v) is 2.40. The molecule has 56 valence electrons. The monoisotopic (exact) mass is 165 g/mol. The van der Waals surface area contributed by atoms with Crippen LogP contribution in [0.1, 0.15) is 0 Å². The van der Waals surface area contributed by atoms with Crippen LogP contribution in [0.15, 0.2) is 18.2 Å². The topological polar surface area (TPSA) is 26.0 Å². The van der Waals surface area contributed by atoms with Gasteiger partial charge in [0.15, 0.2) is 0 Å². The number of nitrogen functional groups attached to an aromatic ring is 1. The number of halogens is 3. The highest BCUT2D eigenvalue weighted by atomic mass is 35.5. The minimum absolute atomic E-state index is 0. The van der Waals surface area contributed by atoms with Crippen molar-refractivity contribution in [2.75, 3.05) is 5.73 Å². The molecule has 10 heavy (non-hydrogen) atoms. The first-order chi connectivity index (χ1) is 4.20. The van der Waals surface area contributed by atoms with Gasteiger partial charge in [0.05, 0.1) is 5.69 Å². The molecule has 0 atom stereocenters. The number of rotatable bonds is 0. The van der Waals surface area contributed by atoms with Crippen molar-refractivity contribution >= 4 is 18.1 Å². The van der Waals surface area contributed by atoms with E-state index < -0.39 is 11.6 Å². The number of anilines is 1. The molecule has 2 N–H and O–H groups in total. The molecule has 0 spiro atoms. The fourth-order valence-electron chi connectivity index (χ4n) is 0.515. The average molecular weight is 166 g/mol. The summed E-state index contributed by atoms with van der Waals surface area (Å²) in [5.74, 6) is -1.11. The molecule has 1 aromatic rings. The van der Waals surface area contributed by atoms with Crippen LogP contribution < -0.4 is 5.73 Å². The Balaban J connectivity index is 0.000000810. The lowest BCUT2D eigenvalue weighted by atomic mass is 10.3. The Morgan fingerprint density at radius 2 is 1.80 bits per heavy atom. The summed E-state index contributed by atoms with van der Waals surface area (Å²) in [6.07, 6.45) is 0. The smallest absolute Gasteiger partial charge is 0.146 e. The van der Waals surface area contributed by atoms with Gasteiger partial charge >= 0.3 is 0 Å². The lowest BCUT2D eigenvalue weighted by molar-refractivity contribution is 0.604.